The monoisotopic (exact) mass is 352 g/mol. The van der Waals surface area contributed by atoms with Gasteiger partial charge < -0.3 is 24.2 Å². The Morgan fingerprint density at radius 2 is 1.88 bits per heavy atom. The number of carbonyl (C=O) groups excluding carboxylic acids is 1. The number of fused-ring (bicyclic) bond motifs is 1. The molecular formula is C15H16N2O8. The molecule has 0 bridgehead atoms. The van der Waals surface area contributed by atoms with Crippen LogP contribution in [0.3, 0.4) is 0 Å². The van der Waals surface area contributed by atoms with Crippen molar-refractivity contribution in [3.63, 3.8) is 0 Å². The predicted molar refractivity (Wildman–Crippen MR) is 82.0 cm³/mol. The summed E-state index contributed by atoms with van der Waals surface area (Å²) in [6.45, 7) is 2.11. The molecule has 0 aromatic heterocycles. The van der Waals surface area contributed by atoms with E-state index in [0.717, 1.165) is 6.07 Å². The van der Waals surface area contributed by atoms with Gasteiger partial charge in [-0.15, -0.1) is 0 Å². The SMILES string of the molecule is C[C@@H]1CN(C(=O)c2cc3c(cc2[N+](=O)[O-])OCCO3)CC(C(=O)O)O1. The molecule has 1 unspecified atom stereocenters. The van der Waals surface area contributed by atoms with Crippen LogP contribution in [0.5, 0.6) is 11.5 Å². The second-order valence-corrected chi connectivity index (χ2v) is 5.75. The van der Waals surface area contributed by atoms with Crippen LogP contribution >= 0.6 is 0 Å². The second-order valence-electron chi connectivity index (χ2n) is 5.75. The van der Waals surface area contributed by atoms with E-state index in [1.54, 1.807) is 6.92 Å². The van der Waals surface area contributed by atoms with E-state index in [0.29, 0.717) is 0 Å². The Bertz CT molecular complexity index is 734. The van der Waals surface area contributed by atoms with Gasteiger partial charge in [-0.05, 0) is 6.92 Å². The number of carboxylic acid groups (broad SMARTS) is 1. The van der Waals surface area contributed by atoms with Crippen LogP contribution in [0.1, 0.15) is 17.3 Å². The summed E-state index contributed by atoms with van der Waals surface area (Å²) in [6, 6.07) is 2.42. The van der Waals surface area contributed by atoms with Crippen LogP contribution in [0.4, 0.5) is 5.69 Å². The van der Waals surface area contributed by atoms with Crippen LogP contribution in [0.2, 0.25) is 0 Å². The first-order chi connectivity index (χ1) is 11.9. The number of nitro benzene ring substituents is 1. The molecular weight excluding hydrogens is 336 g/mol. The van der Waals surface area contributed by atoms with Crippen LogP contribution in [0.25, 0.3) is 0 Å². The zero-order valence-corrected chi connectivity index (χ0v) is 13.3. The molecule has 0 saturated carbocycles. The summed E-state index contributed by atoms with van der Waals surface area (Å²) in [5, 5.41) is 20.5. The third-order valence-corrected chi connectivity index (χ3v) is 3.91. The number of nitro groups is 1. The standard InChI is InChI=1S/C15H16N2O8/c1-8-6-16(7-13(25-8)15(19)20)14(18)9-4-11-12(24-3-2-23-11)5-10(9)17(21)22/h4-5,8,13H,2-3,6-7H2,1H3,(H,19,20)/t8-,13?/m1/s1. The third-order valence-electron chi connectivity index (χ3n) is 3.91. The topological polar surface area (TPSA) is 128 Å². The first-order valence-corrected chi connectivity index (χ1v) is 7.62. The first kappa shape index (κ1) is 17.0. The number of carbonyl (C=O) groups is 2. The molecule has 2 heterocycles. The number of rotatable bonds is 3. The van der Waals surface area contributed by atoms with Gasteiger partial charge in [0.2, 0.25) is 0 Å². The van der Waals surface area contributed by atoms with E-state index in [2.05, 4.69) is 0 Å². The van der Waals surface area contributed by atoms with Gasteiger partial charge >= 0.3 is 5.97 Å². The molecule has 1 fully saturated rings. The van der Waals surface area contributed by atoms with E-state index in [1.807, 2.05) is 0 Å². The molecule has 1 N–H and O–H groups in total. The molecule has 10 heteroatoms. The van der Waals surface area contributed by atoms with Crippen molar-refractivity contribution in [3.05, 3.63) is 27.8 Å². The molecule has 0 aliphatic carbocycles. The molecule has 10 nitrogen and oxygen atoms in total. The molecule has 134 valence electrons. The van der Waals surface area contributed by atoms with Crippen LogP contribution in [-0.4, -0.2) is 65.3 Å². The van der Waals surface area contributed by atoms with E-state index >= 15 is 0 Å². The normalized spacial score (nSPS) is 22.4. The summed E-state index contributed by atoms with van der Waals surface area (Å²) in [7, 11) is 0. The highest BCUT2D eigenvalue weighted by molar-refractivity contribution is 5.99. The fourth-order valence-electron chi connectivity index (χ4n) is 2.82. The van der Waals surface area contributed by atoms with E-state index < -0.39 is 34.7 Å². The van der Waals surface area contributed by atoms with Gasteiger partial charge in [0.1, 0.15) is 18.8 Å². The summed E-state index contributed by atoms with van der Waals surface area (Å²) >= 11 is 0. The first-order valence-electron chi connectivity index (χ1n) is 7.62. The maximum Gasteiger partial charge on any atom is 0.334 e. The second kappa shape index (κ2) is 6.55. The summed E-state index contributed by atoms with van der Waals surface area (Å²) in [4.78, 5) is 35.9. The van der Waals surface area contributed by atoms with Crippen molar-refractivity contribution < 1.29 is 33.8 Å². The van der Waals surface area contributed by atoms with Crippen LogP contribution < -0.4 is 9.47 Å². The van der Waals surface area contributed by atoms with Crippen molar-refractivity contribution in [2.45, 2.75) is 19.1 Å². The maximum absolute atomic E-state index is 12.8. The Hall–Kier alpha value is -2.88. The van der Waals surface area contributed by atoms with Crippen molar-refractivity contribution in [1.82, 2.24) is 4.90 Å². The lowest BCUT2D eigenvalue weighted by Crippen LogP contribution is -2.51. The Morgan fingerprint density at radius 1 is 1.24 bits per heavy atom. The van der Waals surface area contributed by atoms with E-state index in [9.17, 15) is 19.7 Å². The number of hydrogen-bond donors (Lipinski definition) is 1. The molecule has 2 aliphatic rings. The fraction of sp³-hybridized carbons (Fsp3) is 0.467. The molecule has 1 amide bonds. The number of aliphatic carboxylic acids is 1. The Labute approximate surface area is 142 Å². The van der Waals surface area contributed by atoms with Crippen LogP contribution in [0, 0.1) is 10.1 Å². The molecule has 2 aliphatic heterocycles. The quantitative estimate of drug-likeness (QED) is 0.621. The smallest absolute Gasteiger partial charge is 0.334 e. The Kier molecular flexibility index (Phi) is 4.45. The molecule has 3 rings (SSSR count). The van der Waals surface area contributed by atoms with Gasteiger partial charge in [-0.1, -0.05) is 0 Å². The molecule has 1 aromatic rings. The zero-order chi connectivity index (χ0) is 18.1. The maximum atomic E-state index is 12.8. The zero-order valence-electron chi connectivity index (χ0n) is 13.3. The van der Waals surface area contributed by atoms with E-state index in [1.165, 1.54) is 11.0 Å². The number of morpholine rings is 1. The molecule has 1 aromatic carbocycles. The van der Waals surface area contributed by atoms with Crippen molar-refractivity contribution >= 4 is 17.6 Å². The van der Waals surface area contributed by atoms with E-state index in [-0.39, 0.29) is 43.4 Å². The largest absolute Gasteiger partial charge is 0.486 e. The summed E-state index contributed by atoms with van der Waals surface area (Å²) < 4.78 is 15.9. The van der Waals surface area contributed by atoms with Crippen molar-refractivity contribution in [2.75, 3.05) is 26.3 Å². The van der Waals surface area contributed by atoms with Crippen molar-refractivity contribution in [2.24, 2.45) is 0 Å². The number of nitrogens with zero attached hydrogens (tertiary/aromatic N) is 2. The van der Waals surface area contributed by atoms with Crippen molar-refractivity contribution in [3.8, 4) is 11.5 Å². The lowest BCUT2D eigenvalue weighted by Gasteiger charge is -2.35. The van der Waals surface area contributed by atoms with Gasteiger partial charge in [-0.25, -0.2) is 4.79 Å². The predicted octanol–water partition coefficient (Wildman–Crippen LogP) is 0.680. The summed E-state index contributed by atoms with van der Waals surface area (Å²) in [5.41, 5.74) is -0.590. The van der Waals surface area contributed by atoms with Crippen LogP contribution in [0.15, 0.2) is 12.1 Å². The van der Waals surface area contributed by atoms with E-state index in [4.69, 9.17) is 19.3 Å². The van der Waals surface area contributed by atoms with Crippen LogP contribution in [-0.2, 0) is 9.53 Å². The number of ether oxygens (including phenoxy) is 3. The third kappa shape index (κ3) is 3.33. The number of hydrogen-bond acceptors (Lipinski definition) is 7. The Morgan fingerprint density at radius 3 is 2.48 bits per heavy atom. The molecule has 0 radical (unpaired) electrons. The molecule has 25 heavy (non-hydrogen) atoms. The lowest BCUT2D eigenvalue weighted by molar-refractivity contribution is -0.385. The van der Waals surface area contributed by atoms with Gasteiger partial charge in [0.05, 0.1) is 23.6 Å². The summed E-state index contributed by atoms with van der Waals surface area (Å²) in [6.07, 6.45) is -1.68. The number of carboxylic acids is 1. The minimum atomic E-state index is -1.19. The minimum Gasteiger partial charge on any atom is -0.486 e. The molecule has 1 saturated heterocycles. The minimum absolute atomic E-state index is 0.133. The highest BCUT2D eigenvalue weighted by atomic mass is 16.6. The Balaban J connectivity index is 1.95. The molecule has 0 spiro atoms. The average molecular weight is 352 g/mol. The number of benzene rings is 1. The average Bonchev–Trinajstić information content (AvgIpc) is 2.59. The summed E-state index contributed by atoms with van der Waals surface area (Å²) in [5.74, 6) is -1.39. The van der Waals surface area contributed by atoms with Gasteiger partial charge in [0.25, 0.3) is 11.6 Å². The van der Waals surface area contributed by atoms with Gasteiger partial charge in [-0.3, -0.25) is 14.9 Å². The van der Waals surface area contributed by atoms with Gasteiger partial charge in [-0.2, -0.15) is 0 Å². The highest BCUT2D eigenvalue weighted by Gasteiger charge is 2.36. The fourth-order valence-corrected chi connectivity index (χ4v) is 2.82. The molecule has 2 atom stereocenters. The van der Waals surface area contributed by atoms with Crippen molar-refractivity contribution in [1.29, 1.82) is 0 Å². The lowest BCUT2D eigenvalue weighted by atomic mass is 10.1. The van der Waals surface area contributed by atoms with Gasteiger partial charge in [0, 0.05) is 12.6 Å². The highest BCUT2D eigenvalue weighted by Crippen LogP contribution is 2.37. The van der Waals surface area contributed by atoms with Gasteiger partial charge in [0.15, 0.2) is 17.6 Å². The number of amides is 1.